The van der Waals surface area contributed by atoms with E-state index < -0.39 is 0 Å². The number of nitriles is 2. The topological polar surface area (TPSA) is 59.6 Å². The summed E-state index contributed by atoms with van der Waals surface area (Å²) in [6, 6.07) is 7.33. The molecule has 0 saturated heterocycles. The van der Waals surface area contributed by atoms with Crippen LogP contribution >= 0.6 is 11.6 Å². The molecule has 0 fully saturated rings. The van der Waals surface area contributed by atoms with Gasteiger partial charge in [-0.05, 0) is 31.0 Å². The molecule has 1 N–H and O–H groups in total. The lowest BCUT2D eigenvalue weighted by atomic mass is 10.1. The summed E-state index contributed by atoms with van der Waals surface area (Å²) in [7, 11) is 0. The molecule has 0 amide bonds. The SMILES string of the molecule is Cc1cc(C)c(NC=C(C#N)C#N)c(Cl)c1. The molecule has 4 heteroatoms. The van der Waals surface area contributed by atoms with Crippen molar-refractivity contribution < 1.29 is 0 Å². The summed E-state index contributed by atoms with van der Waals surface area (Å²) in [6.45, 7) is 3.86. The second-order valence-electron chi connectivity index (χ2n) is 3.36. The molecule has 3 nitrogen and oxygen atoms in total. The Kier molecular flexibility index (Phi) is 3.94. The molecular formula is C12H10ClN3. The molecule has 80 valence electrons. The number of nitrogens with one attached hydrogen (secondary N) is 1. The van der Waals surface area contributed by atoms with E-state index in [-0.39, 0.29) is 5.57 Å². The van der Waals surface area contributed by atoms with E-state index in [0.717, 1.165) is 16.8 Å². The minimum atomic E-state index is 0.0102. The zero-order valence-corrected chi connectivity index (χ0v) is 9.76. The van der Waals surface area contributed by atoms with E-state index in [1.807, 2.05) is 26.0 Å². The predicted molar refractivity (Wildman–Crippen MR) is 63.9 cm³/mol. The molecule has 16 heavy (non-hydrogen) atoms. The average molecular weight is 232 g/mol. The van der Waals surface area contributed by atoms with Gasteiger partial charge in [-0.1, -0.05) is 17.7 Å². The molecule has 0 atom stereocenters. The van der Waals surface area contributed by atoms with Crippen LogP contribution in [-0.4, -0.2) is 0 Å². The molecular weight excluding hydrogens is 222 g/mol. The molecule has 0 radical (unpaired) electrons. The van der Waals surface area contributed by atoms with Crippen LogP contribution in [0.5, 0.6) is 0 Å². The maximum absolute atomic E-state index is 8.57. The highest BCUT2D eigenvalue weighted by molar-refractivity contribution is 6.33. The number of anilines is 1. The van der Waals surface area contributed by atoms with Gasteiger partial charge in [0.1, 0.15) is 17.7 Å². The molecule has 0 aliphatic heterocycles. The zero-order chi connectivity index (χ0) is 12.1. The van der Waals surface area contributed by atoms with E-state index >= 15 is 0 Å². The second kappa shape index (κ2) is 5.21. The fourth-order valence-electron chi connectivity index (χ4n) is 1.33. The van der Waals surface area contributed by atoms with Crippen LogP contribution in [0.1, 0.15) is 11.1 Å². The lowest BCUT2D eigenvalue weighted by molar-refractivity contribution is 1.36. The molecule has 0 aliphatic carbocycles. The quantitative estimate of drug-likeness (QED) is 0.795. The number of rotatable bonds is 2. The largest absolute Gasteiger partial charge is 0.358 e. The van der Waals surface area contributed by atoms with Crippen LogP contribution in [0.4, 0.5) is 5.69 Å². The summed E-state index contributed by atoms with van der Waals surface area (Å²) in [5.41, 5.74) is 2.76. The number of halogens is 1. The molecule has 0 spiro atoms. The summed E-state index contributed by atoms with van der Waals surface area (Å²) in [5, 5.41) is 20.6. The van der Waals surface area contributed by atoms with Gasteiger partial charge in [-0.15, -0.1) is 0 Å². The van der Waals surface area contributed by atoms with Crippen LogP contribution < -0.4 is 5.32 Å². The van der Waals surface area contributed by atoms with Gasteiger partial charge >= 0.3 is 0 Å². The van der Waals surface area contributed by atoms with Gasteiger partial charge in [0, 0.05) is 6.20 Å². The van der Waals surface area contributed by atoms with Crippen LogP contribution in [0, 0.1) is 36.5 Å². The molecule has 0 saturated carbocycles. The van der Waals surface area contributed by atoms with Gasteiger partial charge in [0.15, 0.2) is 0 Å². The Balaban J connectivity index is 3.05. The number of hydrogen-bond acceptors (Lipinski definition) is 3. The average Bonchev–Trinajstić information content (AvgIpc) is 2.22. The molecule has 1 rings (SSSR count). The van der Waals surface area contributed by atoms with Crippen LogP contribution in [0.2, 0.25) is 5.02 Å². The number of allylic oxidation sites excluding steroid dienone is 1. The van der Waals surface area contributed by atoms with Crippen molar-refractivity contribution in [2.45, 2.75) is 13.8 Å². The van der Waals surface area contributed by atoms with E-state index in [1.165, 1.54) is 6.20 Å². The van der Waals surface area contributed by atoms with Crippen LogP contribution in [-0.2, 0) is 0 Å². The lowest BCUT2D eigenvalue weighted by Gasteiger charge is -2.09. The van der Waals surface area contributed by atoms with E-state index in [1.54, 1.807) is 12.1 Å². The van der Waals surface area contributed by atoms with Crippen LogP contribution in [0.3, 0.4) is 0 Å². The first-order valence-corrected chi connectivity index (χ1v) is 5.00. The normalized spacial score (nSPS) is 8.81. The molecule has 0 unspecified atom stereocenters. The van der Waals surface area contributed by atoms with E-state index in [9.17, 15) is 0 Å². The Morgan fingerprint density at radius 2 is 1.94 bits per heavy atom. The minimum Gasteiger partial charge on any atom is -0.358 e. The maximum Gasteiger partial charge on any atom is 0.145 e. The number of nitrogens with zero attached hydrogens (tertiary/aromatic N) is 2. The summed E-state index contributed by atoms with van der Waals surface area (Å²) < 4.78 is 0. The Hall–Kier alpha value is -1.97. The van der Waals surface area contributed by atoms with Crippen molar-refractivity contribution in [3.63, 3.8) is 0 Å². The number of benzene rings is 1. The third kappa shape index (κ3) is 2.76. The van der Waals surface area contributed by atoms with E-state index in [2.05, 4.69) is 5.32 Å². The highest BCUT2D eigenvalue weighted by atomic mass is 35.5. The fourth-order valence-corrected chi connectivity index (χ4v) is 1.71. The maximum atomic E-state index is 8.57. The first-order valence-electron chi connectivity index (χ1n) is 4.62. The van der Waals surface area contributed by atoms with Gasteiger partial charge in [-0.3, -0.25) is 0 Å². The Morgan fingerprint density at radius 1 is 1.31 bits per heavy atom. The number of aryl methyl sites for hydroxylation is 2. The van der Waals surface area contributed by atoms with Crippen LogP contribution in [0.15, 0.2) is 23.9 Å². The third-order valence-corrected chi connectivity index (χ3v) is 2.33. The minimum absolute atomic E-state index is 0.0102. The van der Waals surface area contributed by atoms with Crippen molar-refractivity contribution in [1.82, 2.24) is 0 Å². The van der Waals surface area contributed by atoms with Crippen molar-refractivity contribution in [3.8, 4) is 12.1 Å². The molecule has 1 aromatic rings. The van der Waals surface area contributed by atoms with Crippen molar-refractivity contribution in [2.24, 2.45) is 0 Å². The van der Waals surface area contributed by atoms with E-state index in [4.69, 9.17) is 22.1 Å². The van der Waals surface area contributed by atoms with Crippen molar-refractivity contribution in [2.75, 3.05) is 5.32 Å². The Morgan fingerprint density at radius 3 is 2.44 bits per heavy atom. The predicted octanol–water partition coefficient (Wildman–Crippen LogP) is 3.30. The van der Waals surface area contributed by atoms with Crippen molar-refractivity contribution in [3.05, 3.63) is 40.1 Å². The lowest BCUT2D eigenvalue weighted by Crippen LogP contribution is -1.94. The first kappa shape index (κ1) is 12.1. The summed E-state index contributed by atoms with van der Waals surface area (Å²) in [4.78, 5) is 0. The van der Waals surface area contributed by atoms with Crippen LogP contribution in [0.25, 0.3) is 0 Å². The zero-order valence-electron chi connectivity index (χ0n) is 9.00. The molecule has 0 heterocycles. The highest BCUT2D eigenvalue weighted by Crippen LogP contribution is 2.27. The monoisotopic (exact) mass is 231 g/mol. The highest BCUT2D eigenvalue weighted by Gasteiger charge is 2.04. The van der Waals surface area contributed by atoms with Gasteiger partial charge < -0.3 is 5.32 Å². The standard InChI is InChI=1S/C12H10ClN3/c1-8-3-9(2)12(11(13)4-8)16-7-10(5-14)6-15/h3-4,7,16H,1-2H3. The summed E-state index contributed by atoms with van der Waals surface area (Å²) in [6.07, 6.45) is 1.35. The summed E-state index contributed by atoms with van der Waals surface area (Å²) >= 11 is 6.05. The molecule has 1 aromatic carbocycles. The fraction of sp³-hybridized carbons (Fsp3) is 0.167. The summed E-state index contributed by atoms with van der Waals surface area (Å²) in [5.74, 6) is 0. The first-order chi connectivity index (χ1) is 7.58. The van der Waals surface area contributed by atoms with Gasteiger partial charge in [0.25, 0.3) is 0 Å². The van der Waals surface area contributed by atoms with Gasteiger partial charge in [-0.2, -0.15) is 10.5 Å². The third-order valence-electron chi connectivity index (χ3n) is 2.03. The smallest absolute Gasteiger partial charge is 0.145 e. The van der Waals surface area contributed by atoms with Gasteiger partial charge in [-0.25, -0.2) is 0 Å². The Labute approximate surface area is 99.6 Å². The number of hydrogen-bond donors (Lipinski definition) is 1. The van der Waals surface area contributed by atoms with Crippen molar-refractivity contribution >= 4 is 17.3 Å². The van der Waals surface area contributed by atoms with Gasteiger partial charge in [0.2, 0.25) is 0 Å². The molecule has 0 aromatic heterocycles. The van der Waals surface area contributed by atoms with Crippen molar-refractivity contribution in [1.29, 1.82) is 10.5 Å². The Bertz CT molecular complexity index is 479. The van der Waals surface area contributed by atoms with E-state index in [0.29, 0.717) is 5.02 Å². The second-order valence-corrected chi connectivity index (χ2v) is 3.77. The molecule has 0 bridgehead atoms. The molecule has 0 aliphatic rings. The van der Waals surface area contributed by atoms with Gasteiger partial charge in [0.05, 0.1) is 10.7 Å².